The van der Waals surface area contributed by atoms with E-state index in [9.17, 15) is 0 Å². The molecule has 0 saturated carbocycles. The van der Waals surface area contributed by atoms with Gasteiger partial charge in [0.2, 0.25) is 5.90 Å². The normalized spacial score (nSPS) is 14.2. The molecule has 3 rings (SSSR count). The van der Waals surface area contributed by atoms with Crippen LogP contribution in [0.3, 0.4) is 0 Å². The van der Waals surface area contributed by atoms with Crippen molar-refractivity contribution in [3.8, 4) is 11.1 Å². The van der Waals surface area contributed by atoms with Gasteiger partial charge in [-0.15, -0.1) is 0 Å². The van der Waals surface area contributed by atoms with Crippen molar-refractivity contribution in [3.05, 3.63) is 59.1 Å². The van der Waals surface area contributed by atoms with Crippen molar-refractivity contribution in [2.75, 3.05) is 13.2 Å². The Hall–Kier alpha value is -1.80. The SMILES string of the molecule is Clc1ccccc1-c1ccccc1C1=NCCO1. The van der Waals surface area contributed by atoms with E-state index in [-0.39, 0.29) is 0 Å². The van der Waals surface area contributed by atoms with Gasteiger partial charge in [-0.3, -0.25) is 0 Å². The minimum absolute atomic E-state index is 0.659. The molecule has 0 atom stereocenters. The highest BCUT2D eigenvalue weighted by atomic mass is 35.5. The molecular formula is C15H12ClNO. The fourth-order valence-corrected chi connectivity index (χ4v) is 2.32. The van der Waals surface area contributed by atoms with Gasteiger partial charge in [-0.25, -0.2) is 4.99 Å². The molecule has 0 radical (unpaired) electrons. The maximum atomic E-state index is 6.26. The van der Waals surface area contributed by atoms with E-state index in [1.165, 1.54) is 0 Å². The molecule has 1 heterocycles. The molecule has 0 aliphatic carbocycles. The van der Waals surface area contributed by atoms with E-state index in [1.54, 1.807) is 0 Å². The maximum Gasteiger partial charge on any atom is 0.216 e. The van der Waals surface area contributed by atoms with Crippen molar-refractivity contribution in [3.63, 3.8) is 0 Å². The van der Waals surface area contributed by atoms with Gasteiger partial charge in [0.25, 0.3) is 0 Å². The highest BCUT2D eigenvalue weighted by Gasteiger charge is 2.16. The van der Waals surface area contributed by atoms with Crippen LogP contribution < -0.4 is 0 Å². The van der Waals surface area contributed by atoms with Gasteiger partial charge in [-0.2, -0.15) is 0 Å². The molecule has 18 heavy (non-hydrogen) atoms. The van der Waals surface area contributed by atoms with Gasteiger partial charge in [-0.05, 0) is 17.7 Å². The summed E-state index contributed by atoms with van der Waals surface area (Å²) in [7, 11) is 0. The Balaban J connectivity index is 2.15. The first-order valence-corrected chi connectivity index (χ1v) is 6.25. The Labute approximate surface area is 111 Å². The molecule has 0 fully saturated rings. The van der Waals surface area contributed by atoms with Crippen LogP contribution >= 0.6 is 11.6 Å². The fourth-order valence-electron chi connectivity index (χ4n) is 2.08. The van der Waals surface area contributed by atoms with E-state index in [0.717, 1.165) is 28.3 Å². The Morgan fingerprint density at radius 3 is 2.22 bits per heavy atom. The van der Waals surface area contributed by atoms with Crippen molar-refractivity contribution in [2.45, 2.75) is 0 Å². The molecule has 1 aliphatic heterocycles. The average molecular weight is 258 g/mol. The van der Waals surface area contributed by atoms with Crippen molar-refractivity contribution in [2.24, 2.45) is 4.99 Å². The number of hydrogen-bond acceptors (Lipinski definition) is 2. The zero-order valence-electron chi connectivity index (χ0n) is 9.77. The molecular weight excluding hydrogens is 246 g/mol. The summed E-state index contributed by atoms with van der Waals surface area (Å²) in [6, 6.07) is 15.9. The standard InChI is InChI=1S/C15H12ClNO/c16-14-8-4-3-6-12(14)11-5-1-2-7-13(11)15-17-9-10-18-15/h1-8H,9-10H2. The average Bonchev–Trinajstić information content (AvgIpc) is 2.93. The fraction of sp³-hybridized carbons (Fsp3) is 0.133. The summed E-state index contributed by atoms with van der Waals surface area (Å²) in [5.74, 6) is 0.713. The second-order valence-electron chi connectivity index (χ2n) is 4.06. The van der Waals surface area contributed by atoms with Crippen LogP contribution in [0.1, 0.15) is 5.56 Å². The summed E-state index contributed by atoms with van der Waals surface area (Å²) in [5, 5.41) is 0.739. The topological polar surface area (TPSA) is 21.6 Å². The molecule has 90 valence electrons. The van der Waals surface area contributed by atoms with Gasteiger partial charge in [0.15, 0.2) is 0 Å². The number of aliphatic imine (C=N–C) groups is 1. The van der Waals surface area contributed by atoms with Gasteiger partial charge in [0, 0.05) is 16.1 Å². The van der Waals surface area contributed by atoms with E-state index in [0.29, 0.717) is 12.5 Å². The van der Waals surface area contributed by atoms with E-state index in [1.807, 2.05) is 48.5 Å². The minimum atomic E-state index is 0.659. The summed E-state index contributed by atoms with van der Waals surface area (Å²) in [4.78, 5) is 4.37. The second-order valence-corrected chi connectivity index (χ2v) is 4.47. The van der Waals surface area contributed by atoms with Crippen LogP contribution in [0, 0.1) is 0 Å². The van der Waals surface area contributed by atoms with Crippen LogP contribution in [-0.2, 0) is 4.74 Å². The number of benzene rings is 2. The lowest BCUT2D eigenvalue weighted by Crippen LogP contribution is -2.03. The summed E-state index contributed by atoms with van der Waals surface area (Å²) in [6.07, 6.45) is 0. The van der Waals surface area contributed by atoms with Crippen molar-refractivity contribution >= 4 is 17.5 Å². The van der Waals surface area contributed by atoms with Crippen molar-refractivity contribution in [1.29, 1.82) is 0 Å². The van der Waals surface area contributed by atoms with E-state index in [4.69, 9.17) is 16.3 Å². The third kappa shape index (κ3) is 2.00. The molecule has 2 aromatic carbocycles. The van der Waals surface area contributed by atoms with Crippen LogP contribution in [0.5, 0.6) is 0 Å². The molecule has 2 aromatic rings. The Bertz CT molecular complexity index is 607. The smallest absolute Gasteiger partial charge is 0.216 e. The number of halogens is 1. The molecule has 0 N–H and O–H groups in total. The van der Waals surface area contributed by atoms with Crippen LogP contribution in [0.4, 0.5) is 0 Å². The second kappa shape index (κ2) is 4.83. The molecule has 0 spiro atoms. The van der Waals surface area contributed by atoms with Crippen LogP contribution in [0.2, 0.25) is 5.02 Å². The maximum absolute atomic E-state index is 6.26. The molecule has 0 aromatic heterocycles. The molecule has 2 nitrogen and oxygen atoms in total. The Morgan fingerprint density at radius 1 is 0.889 bits per heavy atom. The van der Waals surface area contributed by atoms with Crippen molar-refractivity contribution < 1.29 is 4.74 Å². The van der Waals surface area contributed by atoms with Gasteiger partial charge in [0.05, 0.1) is 6.54 Å². The Morgan fingerprint density at radius 2 is 1.56 bits per heavy atom. The number of rotatable bonds is 2. The lowest BCUT2D eigenvalue weighted by molar-refractivity contribution is 0.348. The van der Waals surface area contributed by atoms with E-state index >= 15 is 0 Å². The lowest BCUT2D eigenvalue weighted by Gasteiger charge is -2.10. The number of nitrogens with zero attached hydrogens (tertiary/aromatic N) is 1. The first kappa shape index (κ1) is 11.3. The minimum Gasteiger partial charge on any atom is -0.475 e. The predicted octanol–water partition coefficient (Wildman–Crippen LogP) is 3.78. The first-order valence-electron chi connectivity index (χ1n) is 5.88. The van der Waals surface area contributed by atoms with Crippen LogP contribution in [0.15, 0.2) is 53.5 Å². The quantitative estimate of drug-likeness (QED) is 0.802. The molecule has 0 amide bonds. The molecule has 3 heteroatoms. The predicted molar refractivity (Wildman–Crippen MR) is 74.2 cm³/mol. The van der Waals surface area contributed by atoms with Crippen molar-refractivity contribution in [1.82, 2.24) is 0 Å². The number of hydrogen-bond donors (Lipinski definition) is 0. The highest BCUT2D eigenvalue weighted by Crippen LogP contribution is 2.31. The van der Waals surface area contributed by atoms with Crippen LogP contribution in [-0.4, -0.2) is 19.0 Å². The zero-order valence-corrected chi connectivity index (χ0v) is 10.5. The van der Waals surface area contributed by atoms with Gasteiger partial charge < -0.3 is 4.74 Å². The van der Waals surface area contributed by atoms with Gasteiger partial charge >= 0.3 is 0 Å². The van der Waals surface area contributed by atoms with E-state index in [2.05, 4.69) is 4.99 Å². The largest absolute Gasteiger partial charge is 0.475 e. The van der Waals surface area contributed by atoms with Crippen LogP contribution in [0.25, 0.3) is 11.1 Å². The highest BCUT2D eigenvalue weighted by molar-refractivity contribution is 6.33. The van der Waals surface area contributed by atoms with Gasteiger partial charge in [0.1, 0.15) is 6.61 Å². The monoisotopic (exact) mass is 257 g/mol. The Kier molecular flexibility index (Phi) is 3.03. The third-order valence-electron chi connectivity index (χ3n) is 2.91. The molecule has 0 saturated heterocycles. The van der Waals surface area contributed by atoms with Gasteiger partial charge in [-0.1, -0.05) is 48.0 Å². The lowest BCUT2D eigenvalue weighted by atomic mass is 9.99. The first-order chi connectivity index (χ1) is 8.86. The summed E-state index contributed by atoms with van der Waals surface area (Å²) < 4.78 is 5.55. The zero-order chi connectivity index (χ0) is 12.4. The summed E-state index contributed by atoms with van der Waals surface area (Å²) in [6.45, 7) is 1.39. The molecule has 0 bridgehead atoms. The summed E-state index contributed by atoms with van der Waals surface area (Å²) in [5.41, 5.74) is 3.07. The number of ether oxygens (including phenoxy) is 1. The van der Waals surface area contributed by atoms with E-state index < -0.39 is 0 Å². The summed E-state index contributed by atoms with van der Waals surface area (Å²) >= 11 is 6.26. The molecule has 1 aliphatic rings. The third-order valence-corrected chi connectivity index (χ3v) is 3.24. The molecule has 0 unspecified atom stereocenters.